The second kappa shape index (κ2) is 4.89. The fraction of sp³-hybridized carbons (Fsp3) is 0.333. The Balaban J connectivity index is 2.13. The van der Waals surface area contributed by atoms with Crippen molar-refractivity contribution in [2.45, 2.75) is 36.9 Å². The van der Waals surface area contributed by atoms with Gasteiger partial charge in [0.05, 0.1) is 11.4 Å². The van der Waals surface area contributed by atoms with E-state index in [4.69, 9.17) is 10.2 Å². The molecule has 2 aromatic heterocycles. The molecule has 2 heterocycles. The molecule has 5 heteroatoms. The van der Waals surface area contributed by atoms with E-state index in [9.17, 15) is 0 Å². The highest BCUT2D eigenvalue weighted by atomic mass is 32.2. The smallest absolute Gasteiger partial charge is 0.261 e. The molecular formula is C12H15N3OS. The van der Waals surface area contributed by atoms with Crippen molar-refractivity contribution in [2.75, 3.05) is 0 Å². The van der Waals surface area contributed by atoms with Crippen LogP contribution in [0.25, 0.3) is 0 Å². The number of rotatable bonds is 3. The minimum atomic E-state index is -0.0414. The van der Waals surface area contributed by atoms with Crippen molar-refractivity contribution < 1.29 is 4.42 Å². The molecule has 0 fully saturated rings. The zero-order chi connectivity index (χ0) is 12.4. The predicted molar refractivity (Wildman–Crippen MR) is 66.9 cm³/mol. The number of aromatic nitrogens is 2. The van der Waals surface area contributed by atoms with E-state index in [-0.39, 0.29) is 6.04 Å². The molecule has 2 rings (SSSR count). The lowest BCUT2D eigenvalue weighted by Crippen LogP contribution is -2.06. The predicted octanol–water partition coefficient (Wildman–Crippen LogP) is 2.86. The summed E-state index contributed by atoms with van der Waals surface area (Å²) < 4.78 is 5.50. The topological polar surface area (TPSA) is 64.9 Å². The van der Waals surface area contributed by atoms with Gasteiger partial charge in [-0.15, -0.1) is 0 Å². The van der Waals surface area contributed by atoms with Gasteiger partial charge in [0.2, 0.25) is 0 Å². The summed E-state index contributed by atoms with van der Waals surface area (Å²) in [5, 5.41) is 0.648. The van der Waals surface area contributed by atoms with Crippen LogP contribution >= 0.6 is 11.8 Å². The summed E-state index contributed by atoms with van der Waals surface area (Å²) in [6.45, 7) is 5.75. The molecule has 90 valence electrons. The fourth-order valence-corrected chi connectivity index (χ4v) is 2.10. The minimum Gasteiger partial charge on any atom is -0.436 e. The highest BCUT2D eigenvalue weighted by molar-refractivity contribution is 7.99. The van der Waals surface area contributed by atoms with Crippen molar-refractivity contribution in [1.29, 1.82) is 0 Å². The van der Waals surface area contributed by atoms with Gasteiger partial charge < -0.3 is 10.2 Å². The van der Waals surface area contributed by atoms with E-state index in [1.807, 2.05) is 32.9 Å². The van der Waals surface area contributed by atoms with Crippen LogP contribution < -0.4 is 5.73 Å². The minimum absolute atomic E-state index is 0.0414. The van der Waals surface area contributed by atoms with Crippen molar-refractivity contribution in [1.82, 2.24) is 9.97 Å². The molecule has 17 heavy (non-hydrogen) atoms. The Bertz CT molecular complexity index is 485. The second-order valence-corrected chi connectivity index (χ2v) is 4.96. The van der Waals surface area contributed by atoms with Crippen LogP contribution in [0.4, 0.5) is 0 Å². The van der Waals surface area contributed by atoms with Gasteiger partial charge in [-0.3, -0.25) is 4.98 Å². The molecule has 4 nitrogen and oxygen atoms in total. The van der Waals surface area contributed by atoms with Crippen molar-refractivity contribution in [3.63, 3.8) is 0 Å². The maximum atomic E-state index is 5.74. The van der Waals surface area contributed by atoms with Gasteiger partial charge in [-0.25, -0.2) is 4.98 Å². The molecule has 2 aromatic rings. The second-order valence-electron chi connectivity index (χ2n) is 3.93. The average molecular weight is 249 g/mol. The molecule has 0 aromatic carbocycles. The first kappa shape index (κ1) is 12.1. The number of hydrogen-bond acceptors (Lipinski definition) is 5. The molecule has 2 N–H and O–H groups in total. The van der Waals surface area contributed by atoms with E-state index in [0.717, 1.165) is 22.0 Å². The van der Waals surface area contributed by atoms with E-state index in [0.29, 0.717) is 5.22 Å². The van der Waals surface area contributed by atoms with Crippen molar-refractivity contribution in [2.24, 2.45) is 5.73 Å². The third kappa shape index (κ3) is 2.87. The van der Waals surface area contributed by atoms with Gasteiger partial charge in [0.1, 0.15) is 5.76 Å². The Hall–Kier alpha value is -1.33. The van der Waals surface area contributed by atoms with Crippen LogP contribution in [-0.4, -0.2) is 9.97 Å². The summed E-state index contributed by atoms with van der Waals surface area (Å²) in [6.07, 6.45) is 1.79. The van der Waals surface area contributed by atoms with Gasteiger partial charge in [0.15, 0.2) is 0 Å². The molecule has 0 amide bonds. The molecule has 0 saturated carbocycles. The highest BCUT2D eigenvalue weighted by Crippen LogP contribution is 2.28. The molecule has 0 aliphatic heterocycles. The van der Waals surface area contributed by atoms with Crippen LogP contribution in [0.15, 0.2) is 32.9 Å². The van der Waals surface area contributed by atoms with Gasteiger partial charge in [0.25, 0.3) is 5.22 Å². The quantitative estimate of drug-likeness (QED) is 0.906. The third-order valence-electron chi connectivity index (χ3n) is 2.44. The Morgan fingerprint density at radius 1 is 1.35 bits per heavy atom. The normalized spacial score (nSPS) is 12.7. The molecule has 0 saturated heterocycles. The average Bonchev–Trinajstić information content (AvgIpc) is 2.58. The largest absolute Gasteiger partial charge is 0.436 e. The van der Waals surface area contributed by atoms with Crippen molar-refractivity contribution >= 4 is 11.8 Å². The maximum absolute atomic E-state index is 5.74. The Morgan fingerprint density at radius 3 is 2.59 bits per heavy atom. The molecule has 0 aliphatic carbocycles. The summed E-state index contributed by atoms with van der Waals surface area (Å²) >= 11 is 1.46. The number of oxazole rings is 1. The van der Waals surface area contributed by atoms with Gasteiger partial charge in [-0.05, 0) is 44.7 Å². The summed E-state index contributed by atoms with van der Waals surface area (Å²) in [6, 6.07) is 3.86. The van der Waals surface area contributed by atoms with E-state index in [1.165, 1.54) is 11.8 Å². The first-order chi connectivity index (χ1) is 8.06. The zero-order valence-corrected chi connectivity index (χ0v) is 10.9. The Labute approximate surface area is 105 Å². The SMILES string of the molecule is Cc1nc(Sc2ccc(C(C)N)nc2)oc1C. The van der Waals surface area contributed by atoms with Crippen LogP contribution in [0.3, 0.4) is 0 Å². The van der Waals surface area contributed by atoms with Crippen LogP contribution in [0.5, 0.6) is 0 Å². The van der Waals surface area contributed by atoms with Gasteiger partial charge in [-0.1, -0.05) is 0 Å². The Kier molecular flexibility index (Phi) is 3.49. The molecule has 0 radical (unpaired) electrons. The van der Waals surface area contributed by atoms with Crippen molar-refractivity contribution in [3.05, 3.63) is 35.5 Å². The number of nitrogens with two attached hydrogens (primary N) is 1. The third-order valence-corrected chi connectivity index (χ3v) is 3.27. The number of pyridine rings is 1. The van der Waals surface area contributed by atoms with Gasteiger partial charge in [-0.2, -0.15) is 0 Å². The first-order valence-corrected chi connectivity index (χ1v) is 6.21. The molecular weight excluding hydrogens is 234 g/mol. The lowest BCUT2D eigenvalue weighted by molar-refractivity contribution is 0.431. The number of aryl methyl sites for hydroxylation is 2. The van der Waals surface area contributed by atoms with Crippen LogP contribution in [0.1, 0.15) is 30.1 Å². The Morgan fingerprint density at radius 2 is 2.12 bits per heavy atom. The van der Waals surface area contributed by atoms with Gasteiger partial charge in [0, 0.05) is 17.1 Å². The summed E-state index contributed by atoms with van der Waals surface area (Å²) in [7, 11) is 0. The summed E-state index contributed by atoms with van der Waals surface area (Å²) in [4.78, 5) is 9.59. The maximum Gasteiger partial charge on any atom is 0.261 e. The first-order valence-electron chi connectivity index (χ1n) is 5.39. The number of hydrogen-bond donors (Lipinski definition) is 1. The summed E-state index contributed by atoms with van der Waals surface area (Å²) in [5.41, 5.74) is 7.55. The molecule has 1 atom stereocenters. The van der Waals surface area contributed by atoms with E-state index in [1.54, 1.807) is 6.20 Å². The van der Waals surface area contributed by atoms with Crippen LogP contribution in [-0.2, 0) is 0 Å². The molecule has 1 unspecified atom stereocenters. The monoisotopic (exact) mass is 249 g/mol. The van der Waals surface area contributed by atoms with E-state index < -0.39 is 0 Å². The van der Waals surface area contributed by atoms with Gasteiger partial charge >= 0.3 is 0 Å². The summed E-state index contributed by atoms with van der Waals surface area (Å²) in [5.74, 6) is 0.854. The zero-order valence-electron chi connectivity index (χ0n) is 10.1. The number of nitrogens with zero attached hydrogens (tertiary/aromatic N) is 2. The lowest BCUT2D eigenvalue weighted by Gasteiger charge is -2.04. The van der Waals surface area contributed by atoms with Crippen LogP contribution in [0, 0.1) is 13.8 Å². The van der Waals surface area contributed by atoms with Crippen LogP contribution in [0.2, 0.25) is 0 Å². The highest BCUT2D eigenvalue weighted by Gasteiger charge is 2.08. The van der Waals surface area contributed by atoms with E-state index >= 15 is 0 Å². The standard InChI is InChI=1S/C12H15N3OS/c1-7(13)11-5-4-10(6-14-11)17-12-15-8(2)9(3)16-12/h4-7H,13H2,1-3H3. The van der Waals surface area contributed by atoms with Crippen molar-refractivity contribution in [3.8, 4) is 0 Å². The molecule has 0 bridgehead atoms. The fourth-order valence-electron chi connectivity index (χ4n) is 1.31. The molecule has 0 aliphatic rings. The van der Waals surface area contributed by atoms with E-state index in [2.05, 4.69) is 9.97 Å². The molecule has 0 spiro atoms. The lowest BCUT2D eigenvalue weighted by atomic mass is 10.2.